The number of halogens is 1. The molecular formula is C13H15ClN6O3. The summed E-state index contributed by atoms with van der Waals surface area (Å²) in [6.45, 7) is 2.06. The van der Waals surface area contributed by atoms with Gasteiger partial charge < -0.3 is 10.5 Å². The molecule has 4 rings (SSSR count). The van der Waals surface area contributed by atoms with Crippen LogP contribution in [0.4, 0.5) is 5.95 Å². The van der Waals surface area contributed by atoms with Crippen molar-refractivity contribution in [1.82, 2.24) is 19.6 Å². The zero-order chi connectivity index (χ0) is 16.1. The van der Waals surface area contributed by atoms with Gasteiger partial charge in [-0.05, 0) is 12.8 Å². The van der Waals surface area contributed by atoms with E-state index in [1.165, 1.54) is 6.92 Å². The highest BCUT2D eigenvalue weighted by Gasteiger charge is 2.46. The number of nitrogens with zero attached hydrogens (tertiary/aromatic N) is 5. The van der Waals surface area contributed by atoms with E-state index in [0.29, 0.717) is 17.7 Å². The number of hydrogen-bond donors (Lipinski definition) is 1. The molecule has 1 aliphatic carbocycles. The number of carbonyl (C=O) groups is 1. The summed E-state index contributed by atoms with van der Waals surface area (Å²) in [4.78, 5) is 29.4. The van der Waals surface area contributed by atoms with Crippen LogP contribution in [0.5, 0.6) is 0 Å². The van der Waals surface area contributed by atoms with Crippen LogP contribution >= 0.6 is 11.6 Å². The molecule has 3 atom stereocenters. The molecule has 1 aliphatic heterocycles. The van der Waals surface area contributed by atoms with Crippen molar-refractivity contribution in [2.45, 2.75) is 32.0 Å². The largest absolute Gasteiger partial charge is 0.460 e. The highest BCUT2D eigenvalue weighted by atomic mass is 35.5. The van der Waals surface area contributed by atoms with Gasteiger partial charge in [-0.2, -0.15) is 15.1 Å². The molecule has 2 N–H and O–H groups in total. The van der Waals surface area contributed by atoms with E-state index in [1.807, 2.05) is 0 Å². The zero-order valence-corrected chi connectivity index (χ0v) is 13.1. The molecule has 1 saturated heterocycles. The number of anilines is 1. The molecule has 0 bridgehead atoms. The van der Waals surface area contributed by atoms with E-state index in [0.717, 1.165) is 12.8 Å². The number of rotatable bonds is 2. The summed E-state index contributed by atoms with van der Waals surface area (Å²) in [6.07, 6.45) is 2.93. The van der Waals surface area contributed by atoms with E-state index in [2.05, 4.69) is 15.0 Å². The second-order valence-corrected chi connectivity index (χ2v) is 6.08. The third-order valence-electron chi connectivity index (χ3n) is 4.20. The number of ether oxygens (including phenoxy) is 1. The fourth-order valence-corrected chi connectivity index (χ4v) is 3.47. The molecule has 2 aromatic rings. The van der Waals surface area contributed by atoms with Crippen molar-refractivity contribution >= 4 is 34.7 Å². The molecule has 0 amide bonds. The number of hydrogen-bond acceptors (Lipinski definition) is 8. The van der Waals surface area contributed by atoms with E-state index < -0.39 is 0 Å². The van der Waals surface area contributed by atoms with Crippen LogP contribution in [0.3, 0.4) is 0 Å². The first-order chi connectivity index (χ1) is 11.0. The first-order valence-corrected chi connectivity index (χ1v) is 7.68. The summed E-state index contributed by atoms with van der Waals surface area (Å²) in [5.74, 6) is 0.0611. The molecule has 0 aromatic carbocycles. The monoisotopic (exact) mass is 338 g/mol. The Morgan fingerprint density at radius 2 is 2.30 bits per heavy atom. The average Bonchev–Trinajstić information content (AvgIpc) is 3.13. The summed E-state index contributed by atoms with van der Waals surface area (Å²) in [5, 5.41) is 1.85. The molecule has 122 valence electrons. The molecule has 23 heavy (non-hydrogen) atoms. The predicted octanol–water partition coefficient (Wildman–Crippen LogP) is 0.655. The van der Waals surface area contributed by atoms with Crippen LogP contribution in [0.15, 0.2) is 6.33 Å². The van der Waals surface area contributed by atoms with Crippen molar-refractivity contribution in [3.8, 4) is 0 Å². The standard InChI is InChI=1S/C13H15ClN6O3/c1-6(21)22-8-3-2-7-4-20(23-10(7)8)19-5-16-9-11(14)17-13(15)18-12(9)19/h5,7-8,10H,2-4H2,1H3,(H2,15,17,18)/t7-,8-,10+/m1/s1. The topological polar surface area (TPSA) is 108 Å². The van der Waals surface area contributed by atoms with Crippen LogP contribution in [-0.2, 0) is 14.4 Å². The second-order valence-electron chi connectivity index (χ2n) is 5.72. The Kier molecular flexibility index (Phi) is 3.27. The Labute approximate surface area is 136 Å². The summed E-state index contributed by atoms with van der Waals surface area (Å²) >= 11 is 6.03. The minimum absolute atomic E-state index is 0.0708. The molecular weight excluding hydrogens is 324 g/mol. The lowest BCUT2D eigenvalue weighted by Gasteiger charge is -2.22. The van der Waals surface area contributed by atoms with Crippen molar-refractivity contribution in [3.05, 3.63) is 11.5 Å². The van der Waals surface area contributed by atoms with Gasteiger partial charge in [0.25, 0.3) is 0 Å². The van der Waals surface area contributed by atoms with Gasteiger partial charge in [-0.3, -0.25) is 9.63 Å². The van der Waals surface area contributed by atoms with E-state index in [4.69, 9.17) is 26.9 Å². The SMILES string of the molecule is CC(=O)O[C@@H]1CC[C@@H]2CN(n3cnc4c(Cl)nc(N)nc43)O[C@@H]21. The Morgan fingerprint density at radius 1 is 1.48 bits per heavy atom. The number of imidazole rings is 1. The Hall–Kier alpha value is -2.13. The minimum atomic E-state index is -0.293. The molecule has 9 nitrogen and oxygen atoms in total. The van der Waals surface area contributed by atoms with E-state index >= 15 is 0 Å². The van der Waals surface area contributed by atoms with Crippen LogP contribution in [0, 0.1) is 5.92 Å². The van der Waals surface area contributed by atoms with Crippen LogP contribution in [0.25, 0.3) is 11.2 Å². The molecule has 2 fully saturated rings. The van der Waals surface area contributed by atoms with E-state index in [9.17, 15) is 4.79 Å². The fourth-order valence-electron chi connectivity index (χ4n) is 3.25. The molecule has 0 spiro atoms. The van der Waals surface area contributed by atoms with Gasteiger partial charge in [-0.15, -0.1) is 0 Å². The molecule has 2 aromatic heterocycles. The van der Waals surface area contributed by atoms with Gasteiger partial charge in [-0.25, -0.2) is 9.66 Å². The Morgan fingerprint density at radius 3 is 3.09 bits per heavy atom. The molecule has 10 heteroatoms. The Bertz CT molecular complexity index is 780. The van der Waals surface area contributed by atoms with E-state index in [1.54, 1.807) is 16.2 Å². The maximum absolute atomic E-state index is 11.2. The molecule has 2 aliphatic rings. The Balaban J connectivity index is 1.62. The van der Waals surface area contributed by atoms with Crippen molar-refractivity contribution in [3.63, 3.8) is 0 Å². The van der Waals surface area contributed by atoms with Crippen molar-refractivity contribution in [1.29, 1.82) is 0 Å². The van der Waals surface area contributed by atoms with Crippen LogP contribution in [0.1, 0.15) is 19.8 Å². The van der Waals surface area contributed by atoms with Gasteiger partial charge in [-0.1, -0.05) is 11.6 Å². The quantitative estimate of drug-likeness (QED) is 0.628. The van der Waals surface area contributed by atoms with Gasteiger partial charge in [0.15, 0.2) is 10.8 Å². The van der Waals surface area contributed by atoms with Gasteiger partial charge in [0.05, 0.1) is 6.54 Å². The van der Waals surface area contributed by atoms with Crippen LogP contribution in [-0.4, -0.2) is 44.4 Å². The van der Waals surface area contributed by atoms with Gasteiger partial charge >= 0.3 is 5.97 Å². The summed E-state index contributed by atoms with van der Waals surface area (Å²) in [5.41, 5.74) is 6.59. The lowest BCUT2D eigenvalue weighted by Crippen LogP contribution is -2.34. The van der Waals surface area contributed by atoms with Crippen molar-refractivity contribution in [2.24, 2.45) is 5.92 Å². The molecule has 1 saturated carbocycles. The average molecular weight is 339 g/mol. The fraction of sp³-hybridized carbons (Fsp3) is 0.538. The van der Waals surface area contributed by atoms with Crippen LogP contribution in [0.2, 0.25) is 5.15 Å². The van der Waals surface area contributed by atoms with E-state index in [-0.39, 0.29) is 35.2 Å². The number of hydroxylamine groups is 1. The highest BCUT2D eigenvalue weighted by Crippen LogP contribution is 2.37. The van der Waals surface area contributed by atoms with Crippen LogP contribution < -0.4 is 10.9 Å². The third-order valence-corrected chi connectivity index (χ3v) is 4.46. The first-order valence-electron chi connectivity index (χ1n) is 7.31. The lowest BCUT2D eigenvalue weighted by atomic mass is 10.1. The highest BCUT2D eigenvalue weighted by molar-refractivity contribution is 6.33. The molecule has 0 radical (unpaired) electrons. The number of esters is 1. The van der Waals surface area contributed by atoms with Crippen molar-refractivity contribution in [2.75, 3.05) is 17.5 Å². The molecule has 0 unspecified atom stereocenters. The number of nitrogens with two attached hydrogens (primary N) is 1. The number of aromatic nitrogens is 4. The second kappa shape index (κ2) is 5.20. The van der Waals surface area contributed by atoms with Gasteiger partial charge in [0.1, 0.15) is 24.1 Å². The number of fused-ring (bicyclic) bond motifs is 2. The summed E-state index contributed by atoms with van der Waals surface area (Å²) in [7, 11) is 0. The lowest BCUT2D eigenvalue weighted by molar-refractivity contribution is -0.152. The third kappa shape index (κ3) is 2.36. The molecule has 3 heterocycles. The van der Waals surface area contributed by atoms with Gasteiger partial charge in [0.2, 0.25) is 5.95 Å². The maximum Gasteiger partial charge on any atom is 0.302 e. The van der Waals surface area contributed by atoms with Gasteiger partial charge in [0, 0.05) is 12.8 Å². The number of carbonyl (C=O) groups excluding carboxylic acids is 1. The summed E-state index contributed by atoms with van der Waals surface area (Å²) in [6, 6.07) is 0. The normalized spacial score (nSPS) is 26.7. The predicted molar refractivity (Wildman–Crippen MR) is 81.0 cm³/mol. The smallest absolute Gasteiger partial charge is 0.302 e. The number of nitrogen functional groups attached to an aromatic ring is 1. The first kappa shape index (κ1) is 14.5. The van der Waals surface area contributed by atoms with Crippen molar-refractivity contribution < 1.29 is 14.4 Å². The summed E-state index contributed by atoms with van der Waals surface area (Å²) < 4.78 is 6.99. The minimum Gasteiger partial charge on any atom is -0.460 e. The zero-order valence-electron chi connectivity index (χ0n) is 12.3. The maximum atomic E-state index is 11.2.